The Kier molecular flexibility index (Phi) is 5.67. The van der Waals surface area contributed by atoms with E-state index < -0.39 is 13.8 Å². The van der Waals surface area contributed by atoms with E-state index in [1.165, 1.54) is 12.2 Å². The zero-order valence-electron chi connectivity index (χ0n) is 6.99. The molecule has 0 aromatic carbocycles. The molecular weight excluding hydrogens is 213 g/mol. The van der Waals surface area contributed by atoms with Crippen LogP contribution in [0.5, 0.6) is 0 Å². The summed E-state index contributed by atoms with van der Waals surface area (Å²) in [5.41, 5.74) is 0. The van der Waals surface area contributed by atoms with Crippen LogP contribution in [0.4, 0.5) is 0 Å². The fraction of sp³-hybridized carbons (Fsp3) is 0.333. The van der Waals surface area contributed by atoms with E-state index in [1.807, 2.05) is 0 Å². The Bertz CT molecular complexity index is 312. The van der Waals surface area contributed by atoms with E-state index in [9.17, 15) is 14.2 Å². The summed E-state index contributed by atoms with van der Waals surface area (Å²) >= 11 is 0. The van der Waals surface area contributed by atoms with Crippen molar-refractivity contribution in [2.45, 2.75) is 6.42 Å². The lowest BCUT2D eigenvalue weighted by molar-refractivity contribution is -0.130. The average molecular weight is 221 g/mol. The summed E-state index contributed by atoms with van der Waals surface area (Å²) in [7, 11) is -4.77. The molecule has 8 heteroatoms. The van der Waals surface area contributed by atoms with Gasteiger partial charge in [0, 0.05) is 6.08 Å². The van der Waals surface area contributed by atoms with Gasteiger partial charge in [0.1, 0.15) is 0 Å². The Morgan fingerprint density at radius 1 is 1.57 bits per heavy atom. The minimum atomic E-state index is -4.77. The van der Waals surface area contributed by atoms with Crippen molar-refractivity contribution in [3.05, 3.63) is 12.2 Å². The van der Waals surface area contributed by atoms with Crippen LogP contribution < -0.4 is 0 Å². The molecule has 0 aliphatic heterocycles. The SMILES string of the molecule is O=C=NCCC=CC(=O)OP(=O)(O)O. The Morgan fingerprint density at radius 2 is 2.21 bits per heavy atom. The molecule has 0 bridgehead atoms. The smallest absolute Gasteiger partial charge is 0.367 e. The highest BCUT2D eigenvalue weighted by atomic mass is 31.2. The summed E-state index contributed by atoms with van der Waals surface area (Å²) in [6, 6.07) is 0. The van der Waals surface area contributed by atoms with Gasteiger partial charge in [-0.25, -0.2) is 19.1 Å². The highest BCUT2D eigenvalue weighted by molar-refractivity contribution is 7.46. The number of carbonyl (C=O) groups excluding carboxylic acids is 2. The first kappa shape index (κ1) is 12.7. The molecule has 0 atom stereocenters. The highest BCUT2D eigenvalue weighted by Gasteiger charge is 2.17. The standard InChI is InChI=1S/C6H8NO6P/c8-5-7-4-2-1-3-6(9)13-14(10,11)12/h1,3H,2,4H2,(H2,10,11,12). The summed E-state index contributed by atoms with van der Waals surface area (Å²) < 4.78 is 13.8. The molecule has 0 fully saturated rings. The van der Waals surface area contributed by atoms with Crippen molar-refractivity contribution in [3.8, 4) is 0 Å². The molecular formula is C6H8NO6P. The van der Waals surface area contributed by atoms with Crippen molar-refractivity contribution in [2.75, 3.05) is 6.54 Å². The maximum absolute atomic E-state index is 10.6. The molecule has 0 aliphatic carbocycles. The van der Waals surface area contributed by atoms with Crippen LogP contribution in [-0.2, 0) is 18.7 Å². The maximum Gasteiger partial charge on any atom is 0.527 e. The van der Waals surface area contributed by atoms with Gasteiger partial charge in [0.15, 0.2) is 0 Å². The number of carbonyl (C=O) groups is 1. The number of isocyanates is 1. The summed E-state index contributed by atoms with van der Waals surface area (Å²) in [5.74, 6) is -1.14. The molecule has 0 saturated carbocycles. The Balaban J connectivity index is 3.83. The van der Waals surface area contributed by atoms with Crippen molar-refractivity contribution in [1.29, 1.82) is 0 Å². The molecule has 0 amide bonds. The topological polar surface area (TPSA) is 113 Å². The van der Waals surface area contributed by atoms with Crippen LogP contribution in [-0.4, -0.2) is 28.4 Å². The zero-order valence-corrected chi connectivity index (χ0v) is 7.89. The van der Waals surface area contributed by atoms with E-state index in [4.69, 9.17) is 9.79 Å². The minimum Gasteiger partial charge on any atom is -0.367 e. The Hall–Kier alpha value is -1.26. The summed E-state index contributed by atoms with van der Waals surface area (Å²) in [6.45, 7) is 0.156. The van der Waals surface area contributed by atoms with E-state index in [-0.39, 0.29) is 13.0 Å². The van der Waals surface area contributed by atoms with E-state index in [1.54, 1.807) is 0 Å². The molecule has 0 aliphatic rings. The fourth-order valence-corrected chi connectivity index (χ4v) is 0.807. The van der Waals surface area contributed by atoms with E-state index in [0.717, 1.165) is 6.08 Å². The third-order valence-electron chi connectivity index (χ3n) is 0.935. The van der Waals surface area contributed by atoms with E-state index >= 15 is 0 Å². The summed E-state index contributed by atoms with van der Waals surface area (Å²) in [6.07, 6.45) is 3.70. The van der Waals surface area contributed by atoms with Gasteiger partial charge < -0.3 is 4.52 Å². The van der Waals surface area contributed by atoms with Gasteiger partial charge in [-0.1, -0.05) is 6.08 Å². The van der Waals surface area contributed by atoms with Gasteiger partial charge in [0.05, 0.1) is 6.54 Å². The molecule has 2 N–H and O–H groups in total. The van der Waals surface area contributed by atoms with Crippen LogP contribution in [0.2, 0.25) is 0 Å². The van der Waals surface area contributed by atoms with E-state index in [0.29, 0.717) is 0 Å². The molecule has 0 aromatic heterocycles. The second kappa shape index (κ2) is 6.23. The van der Waals surface area contributed by atoms with Crippen LogP contribution in [0.15, 0.2) is 17.1 Å². The van der Waals surface area contributed by atoms with Gasteiger partial charge in [-0.15, -0.1) is 0 Å². The zero-order chi connectivity index (χ0) is 11.0. The monoisotopic (exact) mass is 221 g/mol. The Morgan fingerprint density at radius 3 is 2.71 bits per heavy atom. The van der Waals surface area contributed by atoms with Crippen molar-refractivity contribution in [1.82, 2.24) is 0 Å². The molecule has 0 saturated heterocycles. The normalized spacial score (nSPS) is 11.0. The summed E-state index contributed by atoms with van der Waals surface area (Å²) in [5, 5.41) is 0. The van der Waals surface area contributed by atoms with Crippen molar-refractivity contribution >= 4 is 19.9 Å². The number of aliphatic imine (C=N–C) groups is 1. The van der Waals surface area contributed by atoms with Crippen molar-refractivity contribution in [3.63, 3.8) is 0 Å². The third-order valence-corrected chi connectivity index (χ3v) is 1.35. The van der Waals surface area contributed by atoms with Crippen LogP contribution in [0.1, 0.15) is 6.42 Å². The second-order valence-corrected chi connectivity index (χ2v) is 3.23. The first-order valence-corrected chi connectivity index (χ1v) is 4.98. The lowest BCUT2D eigenvalue weighted by Gasteiger charge is -2.00. The van der Waals surface area contributed by atoms with Gasteiger partial charge >= 0.3 is 13.8 Å². The number of hydrogen-bond acceptors (Lipinski definition) is 5. The van der Waals surface area contributed by atoms with Crippen LogP contribution in [0.3, 0.4) is 0 Å². The molecule has 7 nitrogen and oxygen atoms in total. The number of nitrogens with zero attached hydrogens (tertiary/aromatic N) is 1. The number of phosphoric ester groups is 1. The number of rotatable bonds is 5. The van der Waals surface area contributed by atoms with Gasteiger partial charge in [-0.3, -0.25) is 9.79 Å². The van der Waals surface area contributed by atoms with Crippen LogP contribution in [0.25, 0.3) is 0 Å². The summed E-state index contributed by atoms with van der Waals surface area (Å²) in [4.78, 5) is 39.7. The first-order valence-electron chi connectivity index (χ1n) is 3.45. The second-order valence-electron chi connectivity index (χ2n) is 2.06. The maximum atomic E-state index is 10.6. The van der Waals surface area contributed by atoms with Gasteiger partial charge in [0.25, 0.3) is 0 Å². The van der Waals surface area contributed by atoms with Crippen LogP contribution in [0, 0.1) is 0 Å². The third kappa shape index (κ3) is 8.83. The van der Waals surface area contributed by atoms with Crippen molar-refractivity contribution in [2.24, 2.45) is 4.99 Å². The lowest BCUT2D eigenvalue weighted by Crippen LogP contribution is -1.97. The fourth-order valence-electron chi connectivity index (χ4n) is 0.512. The minimum absolute atomic E-state index is 0.156. The largest absolute Gasteiger partial charge is 0.527 e. The molecule has 0 aromatic rings. The number of phosphoric acid groups is 1. The molecule has 0 unspecified atom stereocenters. The van der Waals surface area contributed by atoms with Gasteiger partial charge in [-0.05, 0) is 6.42 Å². The van der Waals surface area contributed by atoms with Gasteiger partial charge in [0.2, 0.25) is 6.08 Å². The predicted molar refractivity (Wildman–Crippen MR) is 44.9 cm³/mol. The molecule has 0 rings (SSSR count). The van der Waals surface area contributed by atoms with E-state index in [2.05, 4.69) is 9.52 Å². The average Bonchev–Trinajstić information content (AvgIpc) is 2.00. The molecule has 0 radical (unpaired) electrons. The first-order chi connectivity index (χ1) is 6.45. The highest BCUT2D eigenvalue weighted by Crippen LogP contribution is 2.35. The number of hydrogen-bond donors (Lipinski definition) is 2. The lowest BCUT2D eigenvalue weighted by atomic mass is 10.4. The van der Waals surface area contributed by atoms with Crippen LogP contribution >= 0.6 is 7.82 Å². The molecule has 0 spiro atoms. The van der Waals surface area contributed by atoms with Gasteiger partial charge in [-0.2, -0.15) is 0 Å². The van der Waals surface area contributed by atoms with Crippen molar-refractivity contribution < 1.29 is 28.5 Å². The molecule has 0 heterocycles. The predicted octanol–water partition coefficient (Wildman–Crippen LogP) is -0.0956. The molecule has 78 valence electrons. The Labute approximate surface area is 79.3 Å². The quantitative estimate of drug-likeness (QED) is 0.220. The molecule has 14 heavy (non-hydrogen) atoms.